The minimum absolute atomic E-state index is 0.276. The van der Waals surface area contributed by atoms with Gasteiger partial charge in [-0.1, -0.05) is 0 Å². The third kappa shape index (κ3) is 3.89. The second-order valence-corrected chi connectivity index (χ2v) is 5.51. The predicted molar refractivity (Wildman–Crippen MR) is 68.0 cm³/mol. The van der Waals surface area contributed by atoms with Gasteiger partial charge in [-0.15, -0.1) is 0 Å². The Morgan fingerprint density at radius 1 is 1.29 bits per heavy atom. The van der Waals surface area contributed by atoms with Gasteiger partial charge < -0.3 is 9.84 Å². The number of hydrogen-bond acceptors (Lipinski definition) is 3. The van der Waals surface area contributed by atoms with E-state index < -0.39 is 6.10 Å². The van der Waals surface area contributed by atoms with Crippen molar-refractivity contribution in [1.82, 2.24) is 0 Å². The average molecular weight is 256 g/mol. The number of hydrogen-bond donors (Lipinski definition) is 1. The third-order valence-corrected chi connectivity index (χ3v) is 4.09. The first-order valence-corrected chi connectivity index (χ1v) is 7.05. The Balaban J connectivity index is 1.78. The maximum Gasteiger partial charge on any atom is 0.123 e. The molecule has 2 rings (SSSR count). The van der Waals surface area contributed by atoms with Crippen molar-refractivity contribution in [2.45, 2.75) is 18.9 Å². The Kier molecular flexibility index (Phi) is 4.68. The van der Waals surface area contributed by atoms with E-state index in [2.05, 4.69) is 0 Å². The summed E-state index contributed by atoms with van der Waals surface area (Å²) in [7, 11) is 0. The van der Waals surface area contributed by atoms with Crippen LogP contribution >= 0.6 is 11.8 Å². The van der Waals surface area contributed by atoms with Crippen molar-refractivity contribution in [3.63, 3.8) is 0 Å². The minimum Gasteiger partial charge on any atom is -0.491 e. The van der Waals surface area contributed by atoms with Gasteiger partial charge in [0.25, 0.3) is 0 Å². The van der Waals surface area contributed by atoms with Gasteiger partial charge in [0, 0.05) is 0 Å². The molecule has 1 fully saturated rings. The van der Waals surface area contributed by atoms with Crippen LogP contribution in [0.15, 0.2) is 24.3 Å². The van der Waals surface area contributed by atoms with Crippen molar-refractivity contribution in [2.24, 2.45) is 5.92 Å². The molecule has 1 aromatic carbocycles. The molecular weight excluding hydrogens is 239 g/mol. The minimum atomic E-state index is -0.416. The molecule has 0 bridgehead atoms. The topological polar surface area (TPSA) is 29.5 Å². The summed E-state index contributed by atoms with van der Waals surface area (Å²) in [6.07, 6.45) is 1.69. The van der Waals surface area contributed by atoms with Gasteiger partial charge in [0.2, 0.25) is 0 Å². The molecule has 1 N–H and O–H groups in total. The van der Waals surface area contributed by atoms with Gasteiger partial charge >= 0.3 is 0 Å². The Morgan fingerprint density at radius 3 is 2.59 bits per heavy atom. The highest BCUT2D eigenvalue weighted by atomic mass is 32.2. The molecule has 0 amide bonds. The van der Waals surface area contributed by atoms with Crippen molar-refractivity contribution in [3.8, 4) is 5.75 Å². The van der Waals surface area contributed by atoms with E-state index in [9.17, 15) is 9.50 Å². The quantitative estimate of drug-likeness (QED) is 0.898. The zero-order chi connectivity index (χ0) is 12.1. The van der Waals surface area contributed by atoms with Gasteiger partial charge in [-0.25, -0.2) is 4.39 Å². The highest BCUT2D eigenvalue weighted by Gasteiger charge is 2.22. The van der Waals surface area contributed by atoms with Crippen molar-refractivity contribution < 1.29 is 14.2 Å². The molecule has 94 valence electrons. The molecule has 0 spiro atoms. The fraction of sp³-hybridized carbons (Fsp3) is 0.538. The summed E-state index contributed by atoms with van der Waals surface area (Å²) in [5, 5.41) is 9.98. The van der Waals surface area contributed by atoms with Crippen LogP contribution in [-0.2, 0) is 0 Å². The van der Waals surface area contributed by atoms with Gasteiger partial charge in [0.05, 0.1) is 6.10 Å². The first-order chi connectivity index (χ1) is 8.25. The largest absolute Gasteiger partial charge is 0.491 e. The van der Waals surface area contributed by atoms with Crippen LogP contribution in [0.5, 0.6) is 5.75 Å². The molecule has 1 aliphatic heterocycles. The molecule has 1 aliphatic rings. The molecular formula is C13H17FO2S. The van der Waals surface area contributed by atoms with E-state index in [0.29, 0.717) is 18.3 Å². The standard InChI is InChI=1S/C13H17FO2S/c14-11-1-3-12(4-2-11)16-9-13(15)10-5-7-17-8-6-10/h1-4,10,13,15H,5-9H2. The molecule has 0 saturated carbocycles. The summed E-state index contributed by atoms with van der Waals surface area (Å²) in [4.78, 5) is 0. The van der Waals surface area contributed by atoms with Crippen LogP contribution in [0.3, 0.4) is 0 Å². The van der Waals surface area contributed by atoms with Crippen LogP contribution in [0.2, 0.25) is 0 Å². The molecule has 4 heteroatoms. The molecule has 2 nitrogen and oxygen atoms in total. The fourth-order valence-corrected chi connectivity index (χ4v) is 3.09. The maximum absolute atomic E-state index is 12.7. The molecule has 17 heavy (non-hydrogen) atoms. The molecule has 0 aliphatic carbocycles. The number of rotatable bonds is 4. The van der Waals surface area contributed by atoms with Crippen molar-refractivity contribution >= 4 is 11.8 Å². The van der Waals surface area contributed by atoms with Gasteiger partial charge in [0.1, 0.15) is 18.2 Å². The summed E-state index contributed by atoms with van der Waals surface area (Å²) < 4.78 is 18.1. The molecule has 0 aromatic heterocycles. The molecule has 1 unspecified atom stereocenters. The zero-order valence-electron chi connectivity index (χ0n) is 9.64. The van der Waals surface area contributed by atoms with Crippen LogP contribution in [0, 0.1) is 11.7 Å². The number of aliphatic hydroxyl groups is 1. The van der Waals surface area contributed by atoms with Gasteiger partial charge in [-0.05, 0) is 54.5 Å². The SMILES string of the molecule is OC(COc1ccc(F)cc1)C1CCSCC1. The van der Waals surface area contributed by atoms with Gasteiger partial charge in [-0.3, -0.25) is 0 Å². The number of ether oxygens (including phenoxy) is 1. The lowest BCUT2D eigenvalue weighted by Crippen LogP contribution is -2.30. The van der Waals surface area contributed by atoms with E-state index in [1.165, 1.54) is 12.1 Å². The lowest BCUT2D eigenvalue weighted by atomic mass is 9.96. The van der Waals surface area contributed by atoms with Gasteiger partial charge in [-0.2, -0.15) is 11.8 Å². The molecule has 1 aromatic rings. The number of aliphatic hydroxyl groups excluding tert-OH is 1. The lowest BCUT2D eigenvalue weighted by molar-refractivity contribution is 0.0534. The highest BCUT2D eigenvalue weighted by Crippen LogP contribution is 2.25. The lowest BCUT2D eigenvalue weighted by Gasteiger charge is -2.26. The predicted octanol–water partition coefficient (Wildman–Crippen LogP) is 2.71. The average Bonchev–Trinajstić information content (AvgIpc) is 2.39. The monoisotopic (exact) mass is 256 g/mol. The zero-order valence-corrected chi connectivity index (χ0v) is 10.5. The van der Waals surface area contributed by atoms with E-state index in [-0.39, 0.29) is 5.82 Å². The molecule has 1 atom stereocenters. The van der Waals surface area contributed by atoms with Crippen LogP contribution < -0.4 is 4.74 Å². The van der Waals surface area contributed by atoms with Crippen LogP contribution in [0.25, 0.3) is 0 Å². The van der Waals surface area contributed by atoms with E-state index in [4.69, 9.17) is 4.74 Å². The summed E-state index contributed by atoms with van der Waals surface area (Å²) in [5.74, 6) is 2.92. The summed E-state index contributed by atoms with van der Waals surface area (Å²) in [5.41, 5.74) is 0. The van der Waals surface area contributed by atoms with E-state index in [0.717, 1.165) is 24.3 Å². The normalized spacial score (nSPS) is 18.9. The van der Waals surface area contributed by atoms with Gasteiger partial charge in [0.15, 0.2) is 0 Å². The Bertz CT molecular complexity index is 336. The Labute approximate surface area is 105 Å². The van der Waals surface area contributed by atoms with Crippen molar-refractivity contribution in [1.29, 1.82) is 0 Å². The Hall–Kier alpha value is -0.740. The van der Waals surface area contributed by atoms with Crippen molar-refractivity contribution in [2.75, 3.05) is 18.1 Å². The third-order valence-electron chi connectivity index (χ3n) is 3.04. The van der Waals surface area contributed by atoms with Crippen LogP contribution in [-0.4, -0.2) is 29.3 Å². The smallest absolute Gasteiger partial charge is 0.123 e. The summed E-state index contributed by atoms with van der Waals surface area (Å²) in [6.45, 7) is 0.293. The van der Waals surface area contributed by atoms with E-state index in [1.807, 2.05) is 11.8 Å². The number of benzene rings is 1. The van der Waals surface area contributed by atoms with E-state index in [1.54, 1.807) is 12.1 Å². The second-order valence-electron chi connectivity index (χ2n) is 4.28. The second kappa shape index (κ2) is 6.26. The van der Waals surface area contributed by atoms with E-state index >= 15 is 0 Å². The first kappa shape index (κ1) is 12.7. The summed E-state index contributed by atoms with van der Waals surface area (Å²) in [6, 6.07) is 5.88. The highest BCUT2D eigenvalue weighted by molar-refractivity contribution is 7.99. The number of thioether (sulfide) groups is 1. The van der Waals surface area contributed by atoms with Crippen molar-refractivity contribution in [3.05, 3.63) is 30.1 Å². The molecule has 1 heterocycles. The molecule has 1 saturated heterocycles. The number of halogens is 1. The van der Waals surface area contributed by atoms with Crippen LogP contribution in [0.4, 0.5) is 4.39 Å². The molecule has 0 radical (unpaired) electrons. The summed E-state index contributed by atoms with van der Waals surface area (Å²) >= 11 is 1.94. The first-order valence-electron chi connectivity index (χ1n) is 5.90. The maximum atomic E-state index is 12.7. The Morgan fingerprint density at radius 2 is 1.94 bits per heavy atom. The van der Waals surface area contributed by atoms with Crippen LogP contribution in [0.1, 0.15) is 12.8 Å². The fourth-order valence-electron chi connectivity index (χ4n) is 1.95.